The van der Waals surface area contributed by atoms with Crippen molar-refractivity contribution in [1.82, 2.24) is 15.4 Å². The fraction of sp³-hybridized carbons (Fsp3) is 0.333. The van der Waals surface area contributed by atoms with Gasteiger partial charge in [-0.3, -0.25) is 15.0 Å². The molecule has 0 bridgehead atoms. The number of hydrogen-bond acceptors (Lipinski definition) is 5. The summed E-state index contributed by atoms with van der Waals surface area (Å²) in [6.45, 7) is 3.46. The highest BCUT2D eigenvalue weighted by molar-refractivity contribution is 7.16. The Morgan fingerprint density at radius 3 is 2.79 bits per heavy atom. The van der Waals surface area contributed by atoms with Crippen molar-refractivity contribution in [3.8, 4) is 0 Å². The van der Waals surface area contributed by atoms with E-state index in [4.69, 9.17) is 0 Å². The Morgan fingerprint density at radius 1 is 1.32 bits per heavy atom. The molecule has 0 saturated heterocycles. The molecule has 2 heterocycles. The highest BCUT2D eigenvalue weighted by Crippen LogP contribution is 2.26. The highest BCUT2D eigenvalue weighted by atomic mass is 32.1. The number of nitrogens with zero attached hydrogens (tertiary/aromatic N) is 3. The fourth-order valence-corrected chi connectivity index (χ4v) is 2.28. The summed E-state index contributed by atoms with van der Waals surface area (Å²) in [5.41, 5.74) is 2.57. The fourth-order valence-electron chi connectivity index (χ4n) is 1.55. The van der Waals surface area contributed by atoms with Crippen molar-refractivity contribution in [2.24, 2.45) is 0 Å². The van der Waals surface area contributed by atoms with Crippen molar-refractivity contribution in [1.29, 1.82) is 0 Å². The van der Waals surface area contributed by atoms with Gasteiger partial charge in [0.25, 0.3) is 0 Å². The Kier molecular flexibility index (Phi) is 4.06. The summed E-state index contributed by atoms with van der Waals surface area (Å²) < 4.78 is 0. The van der Waals surface area contributed by atoms with Crippen LogP contribution in [0.15, 0.2) is 17.8 Å². The first-order valence-corrected chi connectivity index (χ1v) is 6.86. The van der Waals surface area contributed by atoms with Crippen molar-refractivity contribution in [3.63, 3.8) is 0 Å². The Labute approximate surface area is 114 Å². The lowest BCUT2D eigenvalue weighted by atomic mass is 10.3. The van der Waals surface area contributed by atoms with Gasteiger partial charge in [0.1, 0.15) is 11.2 Å². The molecule has 0 spiro atoms. The van der Waals surface area contributed by atoms with Gasteiger partial charge in [-0.25, -0.2) is 15.0 Å². The quantitative estimate of drug-likeness (QED) is 0.870. The van der Waals surface area contributed by atoms with Gasteiger partial charge in [0.2, 0.25) is 11.8 Å². The summed E-state index contributed by atoms with van der Waals surface area (Å²) >= 11 is 1.46. The number of anilines is 1. The molecule has 2 rings (SSSR count). The minimum absolute atomic E-state index is 0.215. The van der Waals surface area contributed by atoms with Crippen LogP contribution in [0.5, 0.6) is 0 Å². The van der Waals surface area contributed by atoms with Crippen molar-refractivity contribution in [2.45, 2.75) is 26.7 Å². The van der Waals surface area contributed by atoms with E-state index in [1.807, 2.05) is 11.4 Å². The number of thiophene rings is 1. The summed E-state index contributed by atoms with van der Waals surface area (Å²) in [6.07, 6.45) is 1.97. The predicted molar refractivity (Wildman–Crippen MR) is 73.6 cm³/mol. The van der Waals surface area contributed by atoms with Gasteiger partial charge >= 0.3 is 0 Å². The van der Waals surface area contributed by atoms with Gasteiger partial charge in [-0.15, -0.1) is 11.3 Å². The molecule has 2 amide bonds. The lowest BCUT2D eigenvalue weighted by molar-refractivity contribution is -0.125. The number of rotatable bonds is 3. The normalized spacial score (nSPS) is 10.4. The van der Waals surface area contributed by atoms with E-state index in [9.17, 15) is 9.59 Å². The second kappa shape index (κ2) is 5.75. The number of aromatic nitrogens is 2. The molecule has 2 aromatic rings. The number of carbonyl (C=O) groups excluding carboxylic acids is 2. The van der Waals surface area contributed by atoms with Crippen LogP contribution in [0.4, 0.5) is 5.82 Å². The van der Waals surface area contributed by atoms with Crippen LogP contribution in [0.3, 0.4) is 0 Å². The zero-order valence-corrected chi connectivity index (χ0v) is 11.5. The Bertz CT molecular complexity index is 611. The molecular weight excluding hydrogens is 264 g/mol. The van der Waals surface area contributed by atoms with Gasteiger partial charge in [0.05, 0.1) is 5.39 Å². The van der Waals surface area contributed by atoms with Crippen LogP contribution >= 0.6 is 11.3 Å². The molecule has 100 valence electrons. The lowest BCUT2D eigenvalue weighted by Gasteiger charge is -2.21. The molecule has 0 radical (unpaired) electrons. The maximum Gasteiger partial charge on any atom is 0.246 e. The topological polar surface area (TPSA) is 75.2 Å². The van der Waals surface area contributed by atoms with E-state index in [0.717, 1.165) is 10.2 Å². The van der Waals surface area contributed by atoms with Crippen LogP contribution in [0, 0.1) is 0 Å². The van der Waals surface area contributed by atoms with Gasteiger partial charge in [-0.1, -0.05) is 13.8 Å². The third kappa shape index (κ3) is 2.70. The molecule has 1 N–H and O–H groups in total. The van der Waals surface area contributed by atoms with Crippen LogP contribution < -0.4 is 10.4 Å². The highest BCUT2D eigenvalue weighted by Gasteiger charge is 2.20. The molecule has 2 aromatic heterocycles. The van der Waals surface area contributed by atoms with Gasteiger partial charge < -0.3 is 0 Å². The molecule has 0 unspecified atom stereocenters. The number of amides is 2. The van der Waals surface area contributed by atoms with Gasteiger partial charge in [-0.2, -0.15) is 0 Å². The minimum Gasteiger partial charge on any atom is -0.273 e. The van der Waals surface area contributed by atoms with Crippen LogP contribution in [-0.4, -0.2) is 21.8 Å². The lowest BCUT2D eigenvalue weighted by Crippen LogP contribution is -2.46. The molecule has 0 saturated carbocycles. The van der Waals surface area contributed by atoms with Crippen LogP contribution in [0.2, 0.25) is 0 Å². The van der Waals surface area contributed by atoms with Gasteiger partial charge in [-0.05, 0) is 11.4 Å². The van der Waals surface area contributed by atoms with E-state index in [2.05, 4.69) is 15.4 Å². The van der Waals surface area contributed by atoms with Crippen LogP contribution in [0.1, 0.15) is 26.7 Å². The van der Waals surface area contributed by atoms with Gasteiger partial charge in [0, 0.05) is 12.8 Å². The maximum atomic E-state index is 12.0. The smallest absolute Gasteiger partial charge is 0.246 e. The van der Waals surface area contributed by atoms with Crippen molar-refractivity contribution in [3.05, 3.63) is 17.8 Å². The van der Waals surface area contributed by atoms with E-state index in [0.29, 0.717) is 12.2 Å². The molecule has 7 heteroatoms. The predicted octanol–water partition coefficient (Wildman–Crippen LogP) is 1.88. The first-order chi connectivity index (χ1) is 9.17. The summed E-state index contributed by atoms with van der Waals surface area (Å²) in [5.74, 6) is -0.0308. The van der Waals surface area contributed by atoms with E-state index in [1.165, 1.54) is 22.7 Å². The molecule has 0 aliphatic rings. The molecule has 19 heavy (non-hydrogen) atoms. The largest absolute Gasteiger partial charge is 0.273 e. The van der Waals surface area contributed by atoms with E-state index >= 15 is 0 Å². The molecule has 0 fully saturated rings. The van der Waals surface area contributed by atoms with E-state index in [1.54, 1.807) is 13.8 Å². The first-order valence-electron chi connectivity index (χ1n) is 5.98. The third-order valence-corrected chi connectivity index (χ3v) is 3.38. The SMILES string of the molecule is CCC(=O)NN(C(=O)CC)c1ncnc2sccc12. The molecule has 0 aliphatic carbocycles. The van der Waals surface area contributed by atoms with Crippen molar-refractivity contribution in [2.75, 3.05) is 5.01 Å². The van der Waals surface area contributed by atoms with Gasteiger partial charge in [0.15, 0.2) is 5.82 Å². The summed E-state index contributed by atoms with van der Waals surface area (Å²) in [7, 11) is 0. The van der Waals surface area contributed by atoms with Crippen molar-refractivity contribution < 1.29 is 9.59 Å². The second-order valence-electron chi connectivity index (χ2n) is 3.81. The number of hydrazine groups is 1. The van der Waals surface area contributed by atoms with Crippen molar-refractivity contribution >= 4 is 39.2 Å². The molecule has 0 aromatic carbocycles. The Morgan fingerprint density at radius 2 is 2.11 bits per heavy atom. The Hall–Kier alpha value is -2.02. The number of carbonyl (C=O) groups is 2. The summed E-state index contributed by atoms with van der Waals surface area (Å²) in [5, 5.41) is 3.84. The number of fused-ring (bicyclic) bond motifs is 1. The standard InChI is InChI=1S/C12H14N4O2S/c1-3-9(17)15-16(10(18)4-2)11-8-5-6-19-12(8)14-7-13-11/h5-7H,3-4H2,1-2H3,(H,15,17). The number of hydrogen-bond donors (Lipinski definition) is 1. The number of nitrogens with one attached hydrogen (secondary N) is 1. The first kappa shape index (κ1) is 13.4. The van der Waals surface area contributed by atoms with Crippen LogP contribution in [0.25, 0.3) is 10.2 Å². The maximum absolute atomic E-state index is 12.0. The van der Waals surface area contributed by atoms with Crippen LogP contribution in [-0.2, 0) is 9.59 Å². The van der Waals surface area contributed by atoms with E-state index < -0.39 is 0 Å². The average molecular weight is 278 g/mol. The second-order valence-corrected chi connectivity index (χ2v) is 4.70. The van der Waals surface area contributed by atoms with E-state index in [-0.39, 0.29) is 18.2 Å². The minimum atomic E-state index is -0.233. The third-order valence-electron chi connectivity index (χ3n) is 2.56. The summed E-state index contributed by atoms with van der Waals surface area (Å²) in [4.78, 5) is 32.6. The summed E-state index contributed by atoms with van der Waals surface area (Å²) in [6, 6.07) is 1.84. The molecule has 0 atom stereocenters. The zero-order valence-electron chi connectivity index (χ0n) is 10.7. The molecular formula is C12H14N4O2S. The molecule has 0 aliphatic heterocycles. The molecule has 6 nitrogen and oxygen atoms in total. The monoisotopic (exact) mass is 278 g/mol. The average Bonchev–Trinajstić information content (AvgIpc) is 2.92. The Balaban J connectivity index is 2.45. The zero-order chi connectivity index (χ0) is 13.8.